The molecule has 0 spiro atoms. The van der Waals surface area contributed by atoms with Crippen molar-refractivity contribution < 1.29 is 19.1 Å². The average Bonchev–Trinajstić information content (AvgIpc) is 2.48. The van der Waals surface area contributed by atoms with Gasteiger partial charge in [0.2, 0.25) is 0 Å². The van der Waals surface area contributed by atoms with Gasteiger partial charge in [-0.3, -0.25) is 0 Å². The number of amides is 1. The number of ether oxygens (including phenoxy) is 2. The van der Waals surface area contributed by atoms with E-state index in [0.29, 0.717) is 18.3 Å². The third-order valence-corrected chi connectivity index (χ3v) is 3.55. The summed E-state index contributed by atoms with van der Waals surface area (Å²) in [4.78, 5) is 35.2. The van der Waals surface area contributed by atoms with Crippen molar-refractivity contribution in [3.8, 4) is 0 Å². The summed E-state index contributed by atoms with van der Waals surface area (Å²) in [6, 6.07) is 0. The molecule has 0 saturated carbocycles. The number of aromatic nitrogens is 2. The number of hydrogen-bond donors (Lipinski definition) is 0. The quantitative estimate of drug-likeness (QED) is 0.771. The van der Waals surface area contributed by atoms with Crippen LogP contribution in [-0.4, -0.2) is 66.3 Å². The Kier molecular flexibility index (Phi) is 5.26. The maximum absolute atomic E-state index is 11.9. The van der Waals surface area contributed by atoms with Crippen molar-refractivity contribution in [3.63, 3.8) is 0 Å². The number of nitrogens with zero attached hydrogens (tertiary/aromatic N) is 4. The molecule has 1 aliphatic heterocycles. The van der Waals surface area contributed by atoms with Gasteiger partial charge < -0.3 is 19.3 Å². The van der Waals surface area contributed by atoms with E-state index < -0.39 is 11.6 Å². The van der Waals surface area contributed by atoms with Crippen LogP contribution in [0.1, 0.15) is 31.3 Å². The highest BCUT2D eigenvalue weighted by Gasteiger charge is 2.31. The highest BCUT2D eigenvalue weighted by Crippen LogP contribution is 2.23. The number of carbonyl (C=O) groups excluding carboxylic acids is 2. The van der Waals surface area contributed by atoms with Crippen molar-refractivity contribution in [1.29, 1.82) is 0 Å². The second-order valence-corrected chi connectivity index (χ2v) is 6.88. The predicted molar refractivity (Wildman–Crippen MR) is 87.9 cm³/mol. The molecule has 1 amide bonds. The molecule has 8 heteroatoms. The van der Waals surface area contributed by atoms with Crippen molar-refractivity contribution in [2.45, 2.75) is 26.4 Å². The molecule has 24 heavy (non-hydrogen) atoms. The third-order valence-electron chi connectivity index (χ3n) is 3.55. The number of anilines is 1. The fraction of sp³-hybridized carbons (Fsp3) is 0.625. The Morgan fingerprint density at radius 1 is 1.29 bits per heavy atom. The number of esters is 1. The molecule has 0 radical (unpaired) electrons. The zero-order valence-corrected chi connectivity index (χ0v) is 14.8. The number of carbonyl (C=O) groups is 2. The normalized spacial score (nSPS) is 14.8. The van der Waals surface area contributed by atoms with Crippen LogP contribution in [-0.2, 0) is 9.47 Å². The summed E-state index contributed by atoms with van der Waals surface area (Å²) in [5.41, 5.74) is -0.309. The van der Waals surface area contributed by atoms with E-state index in [-0.39, 0.29) is 11.8 Å². The fourth-order valence-electron chi connectivity index (χ4n) is 2.37. The molecule has 0 aromatic carbocycles. The second-order valence-electron chi connectivity index (χ2n) is 6.88. The van der Waals surface area contributed by atoms with Gasteiger partial charge in [-0.05, 0) is 20.8 Å². The molecule has 0 N–H and O–H groups in total. The van der Waals surface area contributed by atoms with Gasteiger partial charge in [0.15, 0.2) is 5.69 Å². The summed E-state index contributed by atoms with van der Waals surface area (Å²) < 4.78 is 9.92. The lowest BCUT2D eigenvalue weighted by Crippen LogP contribution is -2.52. The molecule has 1 fully saturated rings. The molecule has 8 nitrogen and oxygen atoms in total. The van der Waals surface area contributed by atoms with E-state index >= 15 is 0 Å². The molecular formula is C16H24N4O4. The molecule has 1 saturated heterocycles. The minimum absolute atomic E-state index is 0.183. The summed E-state index contributed by atoms with van der Waals surface area (Å²) >= 11 is 0. The van der Waals surface area contributed by atoms with E-state index in [0.717, 1.165) is 13.1 Å². The molecular weight excluding hydrogens is 312 g/mol. The molecule has 2 heterocycles. The van der Waals surface area contributed by atoms with Crippen LogP contribution in [0.2, 0.25) is 0 Å². The molecule has 1 aromatic heterocycles. The zero-order valence-electron chi connectivity index (χ0n) is 14.8. The first-order valence-electron chi connectivity index (χ1n) is 7.79. The molecule has 132 valence electrons. The van der Waals surface area contributed by atoms with Crippen molar-refractivity contribution in [3.05, 3.63) is 18.1 Å². The van der Waals surface area contributed by atoms with Crippen molar-refractivity contribution in [1.82, 2.24) is 14.9 Å². The summed E-state index contributed by atoms with van der Waals surface area (Å²) in [5.74, 6) is 0.554. The molecule has 2 rings (SSSR count). The Morgan fingerprint density at radius 3 is 2.46 bits per heavy atom. The zero-order chi connectivity index (χ0) is 17.9. The largest absolute Gasteiger partial charge is 0.464 e. The Labute approximate surface area is 141 Å². The van der Waals surface area contributed by atoms with Gasteiger partial charge in [0.1, 0.15) is 11.4 Å². The first kappa shape index (κ1) is 18.0. The van der Waals surface area contributed by atoms with E-state index in [2.05, 4.69) is 14.7 Å². The first-order chi connectivity index (χ1) is 11.2. The highest BCUT2D eigenvalue weighted by atomic mass is 16.6. The summed E-state index contributed by atoms with van der Waals surface area (Å²) in [6.45, 7) is 7.72. The minimum atomic E-state index is -0.505. The van der Waals surface area contributed by atoms with Crippen LogP contribution >= 0.6 is 0 Å². The van der Waals surface area contributed by atoms with Crippen LogP contribution < -0.4 is 4.90 Å². The smallest absolute Gasteiger partial charge is 0.410 e. The summed E-state index contributed by atoms with van der Waals surface area (Å²) in [7, 11) is 3.04. The standard InChI is InChI=1S/C16H24N4O4/c1-16(2,3)24-15(22)19(4)8-11-9-20(10-11)13-7-17-12(6-18-13)14(21)23-5/h6-7,11H,8-10H2,1-5H3. The van der Waals surface area contributed by atoms with Gasteiger partial charge in [-0.25, -0.2) is 19.6 Å². The molecule has 0 bridgehead atoms. The number of hydrogen-bond acceptors (Lipinski definition) is 7. The third kappa shape index (κ3) is 4.56. The Balaban J connectivity index is 1.80. The number of rotatable bonds is 4. The van der Waals surface area contributed by atoms with Gasteiger partial charge in [0, 0.05) is 32.6 Å². The first-order valence-corrected chi connectivity index (χ1v) is 7.79. The van der Waals surface area contributed by atoms with Crippen LogP contribution in [0.3, 0.4) is 0 Å². The van der Waals surface area contributed by atoms with E-state index in [1.165, 1.54) is 13.3 Å². The molecule has 0 atom stereocenters. The SMILES string of the molecule is COC(=O)c1cnc(N2CC(CN(C)C(=O)OC(C)(C)C)C2)cn1. The summed E-state index contributed by atoms with van der Waals surface area (Å²) in [6.07, 6.45) is 2.64. The lowest BCUT2D eigenvalue weighted by molar-refractivity contribution is 0.0265. The molecule has 0 unspecified atom stereocenters. The van der Waals surface area contributed by atoms with E-state index in [1.807, 2.05) is 25.7 Å². The van der Waals surface area contributed by atoms with Crippen LogP contribution in [0, 0.1) is 5.92 Å². The van der Waals surface area contributed by atoms with Crippen molar-refractivity contribution in [2.24, 2.45) is 5.92 Å². The van der Waals surface area contributed by atoms with Gasteiger partial charge in [-0.2, -0.15) is 0 Å². The van der Waals surface area contributed by atoms with E-state index in [1.54, 1.807) is 18.1 Å². The van der Waals surface area contributed by atoms with Gasteiger partial charge in [0.05, 0.1) is 19.5 Å². The van der Waals surface area contributed by atoms with Gasteiger partial charge in [0.25, 0.3) is 0 Å². The summed E-state index contributed by atoms with van der Waals surface area (Å²) in [5, 5.41) is 0. The van der Waals surface area contributed by atoms with Gasteiger partial charge in [-0.1, -0.05) is 0 Å². The van der Waals surface area contributed by atoms with Crippen LogP contribution in [0.25, 0.3) is 0 Å². The highest BCUT2D eigenvalue weighted by molar-refractivity contribution is 5.86. The van der Waals surface area contributed by atoms with Crippen molar-refractivity contribution in [2.75, 3.05) is 38.7 Å². The lowest BCUT2D eigenvalue weighted by Gasteiger charge is -2.41. The molecule has 1 aromatic rings. The lowest BCUT2D eigenvalue weighted by atomic mass is 10.00. The maximum Gasteiger partial charge on any atom is 0.410 e. The van der Waals surface area contributed by atoms with Crippen LogP contribution in [0.5, 0.6) is 0 Å². The Morgan fingerprint density at radius 2 is 1.96 bits per heavy atom. The van der Waals surface area contributed by atoms with E-state index in [9.17, 15) is 9.59 Å². The minimum Gasteiger partial charge on any atom is -0.464 e. The monoisotopic (exact) mass is 336 g/mol. The van der Waals surface area contributed by atoms with Crippen LogP contribution in [0.15, 0.2) is 12.4 Å². The second kappa shape index (κ2) is 7.02. The Hall–Kier alpha value is -2.38. The van der Waals surface area contributed by atoms with Crippen LogP contribution in [0.4, 0.5) is 10.6 Å². The predicted octanol–water partition coefficient (Wildman–Crippen LogP) is 1.57. The molecule has 0 aliphatic carbocycles. The van der Waals surface area contributed by atoms with E-state index in [4.69, 9.17) is 4.74 Å². The van der Waals surface area contributed by atoms with Gasteiger partial charge in [-0.15, -0.1) is 0 Å². The average molecular weight is 336 g/mol. The topological polar surface area (TPSA) is 84.9 Å². The van der Waals surface area contributed by atoms with Crippen molar-refractivity contribution >= 4 is 17.9 Å². The van der Waals surface area contributed by atoms with Gasteiger partial charge >= 0.3 is 12.1 Å². The molecule has 1 aliphatic rings. The fourth-order valence-corrected chi connectivity index (χ4v) is 2.37. The number of methoxy groups -OCH3 is 1. The maximum atomic E-state index is 11.9. The Bertz CT molecular complexity index is 591.